The summed E-state index contributed by atoms with van der Waals surface area (Å²) in [6.07, 6.45) is 1.57. The Morgan fingerprint density at radius 3 is 2.20 bits per heavy atom. The smallest absolute Gasteiger partial charge is 0.175 e. The van der Waals surface area contributed by atoms with Gasteiger partial charge in [-0.1, -0.05) is 42.0 Å². The predicted octanol–water partition coefficient (Wildman–Crippen LogP) is 3.72. The SMILES string of the molecule is Cc1ccc(/C=C\S(=O)(=O)Cc2ccc(F)cc2)cc1. The highest BCUT2D eigenvalue weighted by Gasteiger charge is 2.07. The van der Waals surface area contributed by atoms with Crippen molar-refractivity contribution in [3.05, 3.63) is 76.4 Å². The van der Waals surface area contributed by atoms with E-state index in [1.54, 1.807) is 6.08 Å². The Hall–Kier alpha value is -1.94. The monoisotopic (exact) mass is 290 g/mol. The minimum Gasteiger partial charge on any atom is -0.224 e. The summed E-state index contributed by atoms with van der Waals surface area (Å²) in [5.41, 5.74) is 2.52. The molecule has 0 atom stereocenters. The maximum atomic E-state index is 12.8. The second-order valence-electron chi connectivity index (χ2n) is 4.65. The third-order valence-electron chi connectivity index (χ3n) is 2.83. The summed E-state index contributed by atoms with van der Waals surface area (Å²) >= 11 is 0. The van der Waals surface area contributed by atoms with Gasteiger partial charge in [0.2, 0.25) is 0 Å². The molecule has 2 nitrogen and oxygen atoms in total. The molecule has 0 saturated heterocycles. The van der Waals surface area contributed by atoms with Crippen LogP contribution in [0.1, 0.15) is 16.7 Å². The van der Waals surface area contributed by atoms with Gasteiger partial charge >= 0.3 is 0 Å². The molecule has 0 bridgehead atoms. The molecule has 0 amide bonds. The molecule has 0 fully saturated rings. The second-order valence-corrected chi connectivity index (χ2v) is 6.53. The third-order valence-corrected chi connectivity index (χ3v) is 4.11. The van der Waals surface area contributed by atoms with E-state index < -0.39 is 9.84 Å². The Labute approximate surface area is 118 Å². The Morgan fingerprint density at radius 1 is 1.00 bits per heavy atom. The van der Waals surface area contributed by atoms with Gasteiger partial charge in [0.1, 0.15) is 5.82 Å². The highest BCUT2D eigenvalue weighted by Crippen LogP contribution is 2.11. The molecule has 0 aromatic heterocycles. The number of benzene rings is 2. The van der Waals surface area contributed by atoms with Gasteiger partial charge in [0, 0.05) is 5.41 Å². The highest BCUT2D eigenvalue weighted by molar-refractivity contribution is 7.93. The van der Waals surface area contributed by atoms with Gasteiger partial charge in [-0.25, -0.2) is 12.8 Å². The van der Waals surface area contributed by atoms with Crippen LogP contribution in [0.3, 0.4) is 0 Å². The summed E-state index contributed by atoms with van der Waals surface area (Å²) in [6, 6.07) is 13.0. The topological polar surface area (TPSA) is 34.1 Å². The lowest BCUT2D eigenvalue weighted by Crippen LogP contribution is -1.99. The number of rotatable bonds is 4. The number of halogens is 1. The normalized spacial score (nSPS) is 11.9. The van der Waals surface area contributed by atoms with Crippen LogP contribution in [0.15, 0.2) is 53.9 Å². The molecule has 0 unspecified atom stereocenters. The molecule has 0 aliphatic carbocycles. The largest absolute Gasteiger partial charge is 0.224 e. The molecular formula is C16H15FO2S. The third kappa shape index (κ3) is 4.31. The molecule has 104 valence electrons. The fraction of sp³-hybridized carbons (Fsp3) is 0.125. The predicted molar refractivity (Wildman–Crippen MR) is 79.2 cm³/mol. The second kappa shape index (κ2) is 6.01. The van der Waals surface area contributed by atoms with E-state index in [0.717, 1.165) is 11.1 Å². The van der Waals surface area contributed by atoms with Crippen molar-refractivity contribution in [3.8, 4) is 0 Å². The molecule has 20 heavy (non-hydrogen) atoms. The first-order valence-corrected chi connectivity index (χ1v) is 7.88. The van der Waals surface area contributed by atoms with E-state index in [-0.39, 0.29) is 11.6 Å². The molecule has 2 aromatic carbocycles. The number of hydrogen-bond donors (Lipinski definition) is 0. The van der Waals surface area contributed by atoms with Crippen molar-refractivity contribution < 1.29 is 12.8 Å². The zero-order valence-electron chi connectivity index (χ0n) is 11.1. The molecule has 0 N–H and O–H groups in total. The first-order valence-electron chi connectivity index (χ1n) is 6.16. The first-order chi connectivity index (χ1) is 9.44. The molecule has 0 radical (unpaired) electrons. The Bertz CT molecular complexity index is 699. The molecule has 2 rings (SSSR count). The quantitative estimate of drug-likeness (QED) is 0.860. The number of aryl methyl sites for hydroxylation is 1. The lowest BCUT2D eigenvalue weighted by Gasteiger charge is -2.00. The van der Waals surface area contributed by atoms with Crippen LogP contribution in [0.5, 0.6) is 0 Å². The maximum Gasteiger partial charge on any atom is 0.175 e. The van der Waals surface area contributed by atoms with Crippen LogP contribution < -0.4 is 0 Å². The summed E-state index contributed by atoms with van der Waals surface area (Å²) < 4.78 is 36.6. The van der Waals surface area contributed by atoms with E-state index in [9.17, 15) is 12.8 Å². The zero-order chi connectivity index (χ0) is 14.6. The molecule has 2 aromatic rings. The van der Waals surface area contributed by atoms with Crippen molar-refractivity contribution in [1.29, 1.82) is 0 Å². The van der Waals surface area contributed by atoms with Gasteiger partial charge in [0.05, 0.1) is 5.75 Å². The van der Waals surface area contributed by atoms with Crippen LogP contribution in [0.4, 0.5) is 4.39 Å². The molecule has 0 aliphatic rings. The van der Waals surface area contributed by atoms with Gasteiger partial charge in [-0.2, -0.15) is 0 Å². The lowest BCUT2D eigenvalue weighted by atomic mass is 10.2. The van der Waals surface area contributed by atoms with Crippen molar-refractivity contribution in [2.45, 2.75) is 12.7 Å². The van der Waals surface area contributed by atoms with Crippen molar-refractivity contribution in [2.75, 3.05) is 0 Å². The minimum atomic E-state index is -3.36. The summed E-state index contributed by atoms with van der Waals surface area (Å²) in [5.74, 6) is -0.503. The van der Waals surface area contributed by atoms with Crippen LogP contribution in [0, 0.1) is 12.7 Å². The maximum absolute atomic E-state index is 12.8. The van der Waals surface area contributed by atoms with Crippen LogP contribution in [-0.2, 0) is 15.6 Å². The van der Waals surface area contributed by atoms with Gasteiger partial charge in [0.15, 0.2) is 9.84 Å². The molecule has 0 heterocycles. The average molecular weight is 290 g/mol. The lowest BCUT2D eigenvalue weighted by molar-refractivity contribution is 0.603. The van der Waals surface area contributed by atoms with Gasteiger partial charge in [-0.05, 0) is 36.3 Å². The van der Waals surface area contributed by atoms with Gasteiger partial charge < -0.3 is 0 Å². The van der Waals surface area contributed by atoms with E-state index in [0.29, 0.717) is 5.56 Å². The van der Waals surface area contributed by atoms with Crippen LogP contribution in [0.2, 0.25) is 0 Å². The van der Waals surface area contributed by atoms with Gasteiger partial charge in [0.25, 0.3) is 0 Å². The van der Waals surface area contributed by atoms with Crippen molar-refractivity contribution in [3.63, 3.8) is 0 Å². The van der Waals surface area contributed by atoms with Gasteiger partial charge in [-0.15, -0.1) is 0 Å². The van der Waals surface area contributed by atoms with E-state index in [1.807, 2.05) is 31.2 Å². The summed E-state index contributed by atoms with van der Waals surface area (Å²) in [7, 11) is -3.36. The van der Waals surface area contributed by atoms with E-state index in [2.05, 4.69) is 0 Å². The van der Waals surface area contributed by atoms with E-state index in [4.69, 9.17) is 0 Å². The van der Waals surface area contributed by atoms with Crippen LogP contribution >= 0.6 is 0 Å². The van der Waals surface area contributed by atoms with Crippen molar-refractivity contribution >= 4 is 15.9 Å². The Morgan fingerprint density at radius 2 is 1.60 bits per heavy atom. The summed E-state index contributed by atoms with van der Waals surface area (Å²) in [5, 5.41) is 1.20. The van der Waals surface area contributed by atoms with Gasteiger partial charge in [-0.3, -0.25) is 0 Å². The first kappa shape index (κ1) is 14.5. The molecule has 0 saturated carbocycles. The Balaban J connectivity index is 2.11. The average Bonchev–Trinajstić information content (AvgIpc) is 2.41. The summed E-state index contributed by atoms with van der Waals surface area (Å²) in [4.78, 5) is 0. The van der Waals surface area contributed by atoms with Crippen LogP contribution in [0.25, 0.3) is 6.08 Å². The number of sulfone groups is 1. The fourth-order valence-electron chi connectivity index (χ4n) is 1.72. The van der Waals surface area contributed by atoms with Crippen molar-refractivity contribution in [1.82, 2.24) is 0 Å². The Kier molecular flexibility index (Phi) is 4.35. The highest BCUT2D eigenvalue weighted by atomic mass is 32.2. The minimum absolute atomic E-state index is 0.129. The molecular weight excluding hydrogens is 275 g/mol. The van der Waals surface area contributed by atoms with E-state index >= 15 is 0 Å². The van der Waals surface area contributed by atoms with E-state index in [1.165, 1.54) is 29.7 Å². The van der Waals surface area contributed by atoms with Crippen LogP contribution in [-0.4, -0.2) is 8.42 Å². The molecule has 0 aliphatic heterocycles. The summed E-state index contributed by atoms with van der Waals surface area (Å²) in [6.45, 7) is 1.97. The standard InChI is InChI=1S/C16H15FO2S/c1-13-2-4-14(5-3-13)10-11-20(18,19)12-15-6-8-16(17)9-7-15/h2-11H,12H2,1H3/b11-10-. The zero-order valence-corrected chi connectivity index (χ0v) is 11.9. The number of hydrogen-bond acceptors (Lipinski definition) is 2. The molecule has 0 spiro atoms. The fourth-order valence-corrected chi connectivity index (χ4v) is 2.84. The van der Waals surface area contributed by atoms with Crippen molar-refractivity contribution in [2.24, 2.45) is 0 Å². The molecule has 4 heteroatoms.